The standard InChI is InChI=1S/C14H19ClN4O2/c1-18-6-7-19(9-14(18)21)5-4-13(20)17-12-3-2-10(16)8-11(12)15/h2-3,8H,4-7,9,16H2,1H3,(H,17,20). The highest BCUT2D eigenvalue weighted by molar-refractivity contribution is 6.34. The van der Waals surface area contributed by atoms with Crippen LogP contribution in [0.2, 0.25) is 5.02 Å². The molecule has 2 amide bonds. The van der Waals surface area contributed by atoms with E-state index in [-0.39, 0.29) is 11.8 Å². The van der Waals surface area contributed by atoms with Crippen LogP contribution in [-0.2, 0) is 9.59 Å². The Morgan fingerprint density at radius 1 is 1.43 bits per heavy atom. The van der Waals surface area contributed by atoms with E-state index >= 15 is 0 Å². The summed E-state index contributed by atoms with van der Waals surface area (Å²) in [4.78, 5) is 27.2. The highest BCUT2D eigenvalue weighted by Crippen LogP contribution is 2.24. The van der Waals surface area contributed by atoms with Crippen molar-refractivity contribution in [3.05, 3.63) is 23.2 Å². The lowest BCUT2D eigenvalue weighted by molar-refractivity contribution is -0.134. The smallest absolute Gasteiger partial charge is 0.236 e. The summed E-state index contributed by atoms with van der Waals surface area (Å²) < 4.78 is 0. The first-order chi connectivity index (χ1) is 9.95. The van der Waals surface area contributed by atoms with Crippen molar-refractivity contribution in [2.24, 2.45) is 0 Å². The molecule has 1 fully saturated rings. The number of anilines is 2. The fourth-order valence-corrected chi connectivity index (χ4v) is 2.34. The topological polar surface area (TPSA) is 78.7 Å². The van der Waals surface area contributed by atoms with E-state index in [9.17, 15) is 9.59 Å². The van der Waals surface area contributed by atoms with Crippen molar-refractivity contribution in [2.75, 3.05) is 44.3 Å². The highest BCUT2D eigenvalue weighted by atomic mass is 35.5. The lowest BCUT2D eigenvalue weighted by atomic mass is 10.2. The Hall–Kier alpha value is -1.79. The third-order valence-corrected chi connectivity index (χ3v) is 3.77. The molecule has 1 aromatic rings. The number of rotatable bonds is 4. The molecule has 0 aliphatic carbocycles. The maximum absolute atomic E-state index is 11.9. The molecule has 0 bridgehead atoms. The van der Waals surface area contributed by atoms with E-state index in [2.05, 4.69) is 5.32 Å². The predicted octanol–water partition coefficient (Wildman–Crippen LogP) is 1.02. The van der Waals surface area contributed by atoms with E-state index in [4.69, 9.17) is 17.3 Å². The van der Waals surface area contributed by atoms with E-state index in [1.807, 2.05) is 4.90 Å². The molecule has 0 saturated carbocycles. The summed E-state index contributed by atoms with van der Waals surface area (Å²) in [6.07, 6.45) is 0.317. The maximum atomic E-state index is 11.9. The van der Waals surface area contributed by atoms with Crippen molar-refractivity contribution >= 4 is 34.8 Å². The van der Waals surface area contributed by atoms with Crippen LogP contribution in [0, 0.1) is 0 Å². The van der Waals surface area contributed by atoms with Gasteiger partial charge < -0.3 is 16.0 Å². The molecular weight excluding hydrogens is 292 g/mol. The molecule has 0 aromatic heterocycles. The quantitative estimate of drug-likeness (QED) is 0.814. The van der Waals surface area contributed by atoms with Gasteiger partial charge in [0, 0.05) is 38.8 Å². The SMILES string of the molecule is CN1CCN(CCC(=O)Nc2ccc(N)cc2Cl)CC1=O. The number of carbonyl (C=O) groups is 2. The third-order valence-electron chi connectivity index (χ3n) is 3.46. The zero-order chi connectivity index (χ0) is 15.4. The Morgan fingerprint density at radius 2 is 2.19 bits per heavy atom. The number of benzene rings is 1. The van der Waals surface area contributed by atoms with Crippen LogP contribution in [0.5, 0.6) is 0 Å². The monoisotopic (exact) mass is 310 g/mol. The van der Waals surface area contributed by atoms with Crippen LogP contribution >= 0.6 is 11.6 Å². The van der Waals surface area contributed by atoms with Gasteiger partial charge >= 0.3 is 0 Å². The Bertz CT molecular complexity index is 550. The number of nitrogens with one attached hydrogen (secondary N) is 1. The summed E-state index contributed by atoms with van der Waals surface area (Å²) >= 11 is 6.00. The number of halogens is 1. The molecule has 7 heteroatoms. The molecule has 0 atom stereocenters. The van der Waals surface area contributed by atoms with E-state index in [1.165, 1.54) is 0 Å². The lowest BCUT2D eigenvalue weighted by Gasteiger charge is -2.31. The zero-order valence-corrected chi connectivity index (χ0v) is 12.7. The summed E-state index contributed by atoms with van der Waals surface area (Å²) in [5, 5.41) is 3.16. The van der Waals surface area contributed by atoms with Crippen molar-refractivity contribution in [1.82, 2.24) is 9.80 Å². The van der Waals surface area contributed by atoms with Crippen LogP contribution in [-0.4, -0.2) is 54.8 Å². The van der Waals surface area contributed by atoms with E-state index in [1.54, 1.807) is 30.1 Å². The number of likely N-dealkylation sites (N-methyl/N-ethyl adjacent to an activating group) is 1. The Balaban J connectivity index is 1.81. The minimum atomic E-state index is -0.131. The van der Waals surface area contributed by atoms with Gasteiger partial charge in [-0.25, -0.2) is 0 Å². The molecule has 21 heavy (non-hydrogen) atoms. The van der Waals surface area contributed by atoms with Gasteiger partial charge in [0.05, 0.1) is 17.3 Å². The average Bonchev–Trinajstić information content (AvgIpc) is 2.43. The van der Waals surface area contributed by atoms with Crippen molar-refractivity contribution in [3.63, 3.8) is 0 Å². The number of hydrogen-bond acceptors (Lipinski definition) is 4. The third kappa shape index (κ3) is 4.34. The van der Waals surface area contributed by atoms with E-state index < -0.39 is 0 Å². The second-order valence-corrected chi connectivity index (χ2v) is 5.54. The van der Waals surface area contributed by atoms with Gasteiger partial charge in [0.1, 0.15) is 0 Å². The minimum Gasteiger partial charge on any atom is -0.399 e. The fourth-order valence-electron chi connectivity index (χ4n) is 2.10. The van der Waals surface area contributed by atoms with Crippen molar-refractivity contribution in [1.29, 1.82) is 0 Å². The normalized spacial score (nSPS) is 16.1. The van der Waals surface area contributed by atoms with E-state index in [0.717, 1.165) is 6.54 Å². The number of nitrogen functional groups attached to an aromatic ring is 1. The molecule has 0 spiro atoms. The van der Waals surface area contributed by atoms with Crippen LogP contribution in [0.15, 0.2) is 18.2 Å². The number of nitrogens with zero attached hydrogens (tertiary/aromatic N) is 2. The molecule has 1 aliphatic rings. The van der Waals surface area contributed by atoms with Gasteiger partial charge in [-0.2, -0.15) is 0 Å². The van der Waals surface area contributed by atoms with Crippen LogP contribution in [0.25, 0.3) is 0 Å². The van der Waals surface area contributed by atoms with Gasteiger partial charge in [-0.05, 0) is 18.2 Å². The highest BCUT2D eigenvalue weighted by Gasteiger charge is 2.21. The molecule has 0 radical (unpaired) electrons. The largest absolute Gasteiger partial charge is 0.399 e. The summed E-state index contributed by atoms with van der Waals surface area (Å²) in [5.41, 5.74) is 6.70. The van der Waals surface area contributed by atoms with Crippen LogP contribution in [0.4, 0.5) is 11.4 Å². The minimum absolute atomic E-state index is 0.0863. The Kier molecular flexibility index (Phi) is 5.03. The molecule has 1 saturated heterocycles. The first kappa shape index (κ1) is 15.6. The Morgan fingerprint density at radius 3 is 2.86 bits per heavy atom. The number of piperazine rings is 1. The molecule has 1 heterocycles. The molecule has 2 rings (SSSR count). The maximum Gasteiger partial charge on any atom is 0.236 e. The molecule has 0 unspecified atom stereocenters. The van der Waals surface area contributed by atoms with Gasteiger partial charge in [0.2, 0.25) is 11.8 Å². The van der Waals surface area contributed by atoms with Gasteiger partial charge in [0.15, 0.2) is 0 Å². The molecular formula is C14H19ClN4O2. The van der Waals surface area contributed by atoms with Crippen LogP contribution in [0.1, 0.15) is 6.42 Å². The predicted molar refractivity (Wildman–Crippen MR) is 83.2 cm³/mol. The zero-order valence-electron chi connectivity index (χ0n) is 11.9. The van der Waals surface area contributed by atoms with Crippen LogP contribution in [0.3, 0.4) is 0 Å². The van der Waals surface area contributed by atoms with E-state index in [0.29, 0.717) is 42.5 Å². The Labute approximate surface area is 128 Å². The number of nitrogens with two attached hydrogens (primary N) is 1. The fraction of sp³-hybridized carbons (Fsp3) is 0.429. The summed E-state index contributed by atoms with van der Waals surface area (Å²) in [5.74, 6) is -0.0451. The summed E-state index contributed by atoms with van der Waals surface area (Å²) in [7, 11) is 1.79. The second-order valence-electron chi connectivity index (χ2n) is 5.13. The molecule has 3 N–H and O–H groups in total. The summed E-state index contributed by atoms with van der Waals surface area (Å²) in [6, 6.07) is 4.95. The molecule has 1 aliphatic heterocycles. The first-order valence-electron chi connectivity index (χ1n) is 6.77. The van der Waals surface area contributed by atoms with Gasteiger partial charge in [0.25, 0.3) is 0 Å². The molecule has 6 nitrogen and oxygen atoms in total. The number of carbonyl (C=O) groups excluding carboxylic acids is 2. The first-order valence-corrected chi connectivity index (χ1v) is 7.14. The van der Waals surface area contributed by atoms with Gasteiger partial charge in [-0.1, -0.05) is 11.6 Å². The van der Waals surface area contributed by atoms with Crippen molar-refractivity contribution in [3.8, 4) is 0 Å². The number of amides is 2. The molecule has 114 valence electrons. The summed E-state index contributed by atoms with van der Waals surface area (Å²) in [6.45, 7) is 2.41. The van der Waals surface area contributed by atoms with Crippen LogP contribution < -0.4 is 11.1 Å². The van der Waals surface area contributed by atoms with Crippen molar-refractivity contribution < 1.29 is 9.59 Å². The van der Waals surface area contributed by atoms with Crippen molar-refractivity contribution in [2.45, 2.75) is 6.42 Å². The second kappa shape index (κ2) is 6.78. The lowest BCUT2D eigenvalue weighted by Crippen LogP contribution is -2.49. The van der Waals surface area contributed by atoms with Gasteiger partial charge in [-0.3, -0.25) is 14.5 Å². The molecule has 1 aromatic carbocycles. The number of hydrogen-bond donors (Lipinski definition) is 2. The average molecular weight is 311 g/mol. The van der Waals surface area contributed by atoms with Gasteiger partial charge in [-0.15, -0.1) is 0 Å².